The third kappa shape index (κ3) is 7.16. The first-order valence-electron chi connectivity index (χ1n) is 8.29. The number of hydrogen-bond donors (Lipinski definition) is 3. The molecule has 29 heavy (non-hydrogen) atoms. The number of nitrogens with one attached hydrogen (secondary N) is 2. The largest absolute Gasteiger partial charge is 0.386 e. The van der Waals surface area contributed by atoms with Gasteiger partial charge in [-0.1, -0.05) is 47.5 Å². The van der Waals surface area contributed by atoms with Crippen molar-refractivity contribution in [3.63, 3.8) is 0 Å². The van der Waals surface area contributed by atoms with Crippen molar-refractivity contribution >= 4 is 39.1 Å². The number of carbonyl (C=O) groups is 1. The minimum atomic E-state index is -3.33. The Morgan fingerprint density at radius 3 is 2.34 bits per heavy atom. The van der Waals surface area contributed by atoms with Crippen LogP contribution in [0.5, 0.6) is 0 Å². The molecule has 2 rings (SSSR count). The van der Waals surface area contributed by atoms with Gasteiger partial charge in [0.2, 0.25) is 10.0 Å². The average Bonchev–Trinajstić information content (AvgIpc) is 2.69. The Kier molecular flexibility index (Phi) is 8.29. The van der Waals surface area contributed by atoms with Gasteiger partial charge in [0.1, 0.15) is 12.8 Å². The maximum absolute atomic E-state index is 13.2. The number of aliphatic hydroxyl groups excluding tert-OH is 1. The van der Waals surface area contributed by atoms with E-state index in [-0.39, 0.29) is 6.54 Å². The molecule has 2 aromatic rings. The van der Waals surface area contributed by atoms with Crippen LogP contribution in [0.15, 0.2) is 36.7 Å². The van der Waals surface area contributed by atoms with Crippen LogP contribution in [0.1, 0.15) is 17.4 Å². The SMILES string of the molecule is CS(=O)(=O)NCc1cnc(-c2ccc([C@H](O)[C@@H](CF)NC(=O)C(Cl)Cl)cc2)cn1. The molecule has 12 heteroatoms. The highest BCUT2D eigenvalue weighted by molar-refractivity contribution is 7.88. The Hall–Kier alpha value is -1.85. The Labute approximate surface area is 177 Å². The number of halogens is 3. The quantitative estimate of drug-likeness (QED) is 0.483. The first-order valence-corrected chi connectivity index (χ1v) is 11.1. The van der Waals surface area contributed by atoms with Crippen LogP contribution in [0.25, 0.3) is 11.3 Å². The second kappa shape index (κ2) is 10.3. The van der Waals surface area contributed by atoms with E-state index in [1.165, 1.54) is 12.4 Å². The number of amides is 1. The van der Waals surface area contributed by atoms with Crippen molar-refractivity contribution in [2.45, 2.75) is 23.5 Å². The number of carbonyl (C=O) groups excluding carboxylic acids is 1. The fourth-order valence-electron chi connectivity index (χ4n) is 2.33. The monoisotopic (exact) mass is 464 g/mol. The summed E-state index contributed by atoms with van der Waals surface area (Å²) < 4.78 is 37.7. The van der Waals surface area contributed by atoms with Crippen LogP contribution in [0.3, 0.4) is 0 Å². The number of rotatable bonds is 9. The third-order valence-corrected chi connectivity index (χ3v) is 4.91. The minimum Gasteiger partial charge on any atom is -0.386 e. The summed E-state index contributed by atoms with van der Waals surface area (Å²) >= 11 is 10.8. The first-order chi connectivity index (χ1) is 13.6. The molecule has 1 aromatic carbocycles. The molecule has 0 bridgehead atoms. The third-order valence-electron chi connectivity index (χ3n) is 3.84. The average molecular weight is 465 g/mol. The molecule has 8 nitrogen and oxygen atoms in total. The van der Waals surface area contributed by atoms with Gasteiger partial charge in [0, 0.05) is 5.56 Å². The van der Waals surface area contributed by atoms with Crippen LogP contribution in [0, 0.1) is 0 Å². The summed E-state index contributed by atoms with van der Waals surface area (Å²) in [5.74, 6) is -0.799. The number of alkyl halides is 3. The molecule has 158 valence electrons. The van der Waals surface area contributed by atoms with E-state index in [1.807, 2.05) is 0 Å². The topological polar surface area (TPSA) is 121 Å². The van der Waals surface area contributed by atoms with E-state index in [4.69, 9.17) is 23.2 Å². The second-order valence-electron chi connectivity index (χ2n) is 6.12. The lowest BCUT2D eigenvalue weighted by Gasteiger charge is -2.22. The summed E-state index contributed by atoms with van der Waals surface area (Å²) in [5.41, 5.74) is 2.03. The number of sulfonamides is 1. The second-order valence-corrected chi connectivity index (χ2v) is 9.05. The molecule has 0 spiro atoms. The fourth-order valence-corrected chi connectivity index (χ4v) is 2.87. The molecular weight excluding hydrogens is 446 g/mol. The molecule has 2 atom stereocenters. The zero-order valence-corrected chi connectivity index (χ0v) is 17.5. The Morgan fingerprint density at radius 2 is 1.86 bits per heavy atom. The van der Waals surface area contributed by atoms with Gasteiger partial charge in [0.25, 0.3) is 5.91 Å². The van der Waals surface area contributed by atoms with E-state index in [2.05, 4.69) is 20.0 Å². The maximum atomic E-state index is 13.2. The zero-order chi connectivity index (χ0) is 21.6. The molecule has 1 aromatic heterocycles. The fraction of sp³-hybridized carbons (Fsp3) is 0.353. The van der Waals surface area contributed by atoms with Gasteiger partial charge in [-0.3, -0.25) is 14.8 Å². The van der Waals surface area contributed by atoms with Crippen molar-refractivity contribution in [3.8, 4) is 11.3 Å². The van der Waals surface area contributed by atoms with Gasteiger partial charge in [0.15, 0.2) is 4.84 Å². The van der Waals surface area contributed by atoms with Crippen LogP contribution in [-0.2, 0) is 21.4 Å². The number of benzene rings is 1. The van der Waals surface area contributed by atoms with Crippen LogP contribution >= 0.6 is 23.2 Å². The first kappa shape index (κ1) is 23.4. The van der Waals surface area contributed by atoms with E-state index in [9.17, 15) is 22.7 Å². The number of aliphatic hydroxyl groups is 1. The van der Waals surface area contributed by atoms with Gasteiger partial charge in [0.05, 0.1) is 42.6 Å². The molecule has 3 N–H and O–H groups in total. The molecule has 1 amide bonds. The minimum absolute atomic E-state index is 0.0268. The van der Waals surface area contributed by atoms with Gasteiger partial charge in [-0.2, -0.15) is 0 Å². The van der Waals surface area contributed by atoms with Gasteiger partial charge >= 0.3 is 0 Å². The van der Waals surface area contributed by atoms with Crippen LogP contribution in [0.2, 0.25) is 0 Å². The summed E-state index contributed by atoms with van der Waals surface area (Å²) in [7, 11) is -3.33. The van der Waals surface area contributed by atoms with Crippen molar-refractivity contribution in [3.05, 3.63) is 47.9 Å². The smallest absolute Gasteiger partial charge is 0.253 e. The predicted octanol–water partition coefficient (Wildman–Crippen LogP) is 1.48. The van der Waals surface area contributed by atoms with E-state index in [0.717, 1.165) is 6.26 Å². The van der Waals surface area contributed by atoms with Crippen LogP contribution in [-0.4, -0.2) is 53.2 Å². The van der Waals surface area contributed by atoms with Gasteiger partial charge in [-0.05, 0) is 5.56 Å². The van der Waals surface area contributed by atoms with E-state index < -0.39 is 39.6 Å². The van der Waals surface area contributed by atoms with Crippen molar-refractivity contribution < 1.29 is 22.7 Å². The normalized spacial score (nSPS) is 13.9. The van der Waals surface area contributed by atoms with Crippen molar-refractivity contribution in [2.75, 3.05) is 12.9 Å². The van der Waals surface area contributed by atoms with Crippen molar-refractivity contribution in [1.29, 1.82) is 0 Å². The predicted molar refractivity (Wildman–Crippen MR) is 108 cm³/mol. The van der Waals surface area contributed by atoms with E-state index >= 15 is 0 Å². The highest BCUT2D eigenvalue weighted by Gasteiger charge is 2.25. The number of nitrogens with zero attached hydrogens (tertiary/aromatic N) is 2. The van der Waals surface area contributed by atoms with Gasteiger partial charge in [-0.15, -0.1) is 0 Å². The van der Waals surface area contributed by atoms with Gasteiger partial charge < -0.3 is 10.4 Å². The Bertz CT molecular complexity index is 927. The standard InChI is InChI=1S/C17H19Cl2FN4O4S/c1-29(27,28)23-8-12-7-22-14(9-21-12)10-2-4-11(5-3-10)15(25)13(6-20)24-17(26)16(18)19/h2-5,7,9,13,15-16,23,25H,6,8H2,1H3,(H,24,26)/t13-,15+/m1/s1. The summed E-state index contributed by atoms with van der Waals surface area (Å²) in [4.78, 5) is 18.5. The molecule has 0 unspecified atom stereocenters. The summed E-state index contributed by atoms with van der Waals surface area (Å²) in [6.45, 7) is -0.983. The number of aromatic nitrogens is 2. The summed E-state index contributed by atoms with van der Waals surface area (Å²) in [6.07, 6.45) is 2.67. The van der Waals surface area contributed by atoms with Gasteiger partial charge in [-0.25, -0.2) is 17.5 Å². The molecule has 0 aliphatic carbocycles. The van der Waals surface area contributed by atoms with E-state index in [1.54, 1.807) is 24.3 Å². The lowest BCUT2D eigenvalue weighted by molar-refractivity contribution is -0.121. The lowest BCUT2D eigenvalue weighted by atomic mass is 10.0. The lowest BCUT2D eigenvalue weighted by Crippen LogP contribution is -2.43. The molecule has 0 saturated carbocycles. The number of hydrogen-bond acceptors (Lipinski definition) is 6. The Balaban J connectivity index is 2.08. The van der Waals surface area contributed by atoms with E-state index in [0.29, 0.717) is 22.5 Å². The molecule has 0 aliphatic heterocycles. The highest BCUT2D eigenvalue weighted by Crippen LogP contribution is 2.22. The molecule has 0 aliphatic rings. The van der Waals surface area contributed by atoms with Crippen molar-refractivity contribution in [1.82, 2.24) is 20.0 Å². The maximum Gasteiger partial charge on any atom is 0.253 e. The summed E-state index contributed by atoms with van der Waals surface area (Å²) in [5, 5.41) is 12.5. The molecule has 0 saturated heterocycles. The summed E-state index contributed by atoms with van der Waals surface area (Å²) in [6, 6.07) is 5.23. The van der Waals surface area contributed by atoms with Crippen LogP contribution in [0.4, 0.5) is 4.39 Å². The van der Waals surface area contributed by atoms with Crippen molar-refractivity contribution in [2.24, 2.45) is 0 Å². The Morgan fingerprint density at radius 1 is 1.21 bits per heavy atom. The molecule has 1 heterocycles. The zero-order valence-electron chi connectivity index (χ0n) is 15.2. The molecule has 0 radical (unpaired) electrons. The molecular formula is C17H19Cl2FN4O4S. The highest BCUT2D eigenvalue weighted by atomic mass is 35.5. The van der Waals surface area contributed by atoms with Crippen LogP contribution < -0.4 is 10.0 Å². The molecule has 0 fully saturated rings.